The molecule has 2 saturated heterocycles. The Balaban J connectivity index is 1.14. The number of likely N-dealkylation sites (tertiary alicyclic amines) is 1. The van der Waals surface area contributed by atoms with Crippen molar-refractivity contribution in [2.75, 3.05) is 26.4 Å². The van der Waals surface area contributed by atoms with E-state index in [1.165, 1.54) is 29.5 Å². The first-order valence-electron chi connectivity index (χ1n) is 14.5. The number of hydrogen-bond donors (Lipinski definition) is 1. The average molecular weight is 511 g/mol. The molecule has 2 aromatic rings. The summed E-state index contributed by atoms with van der Waals surface area (Å²) in [7, 11) is 0. The van der Waals surface area contributed by atoms with Gasteiger partial charge in [-0.25, -0.2) is 0 Å². The molecule has 4 bridgehead atoms. The van der Waals surface area contributed by atoms with Crippen LogP contribution in [0.15, 0.2) is 54.6 Å². The molecule has 4 fully saturated rings. The van der Waals surface area contributed by atoms with Crippen molar-refractivity contribution in [3.63, 3.8) is 0 Å². The molecule has 5 aliphatic carbocycles. The summed E-state index contributed by atoms with van der Waals surface area (Å²) in [4.78, 5) is 18.9. The topological polar surface area (TPSA) is 62.2 Å². The van der Waals surface area contributed by atoms with E-state index >= 15 is 0 Å². The number of amides is 1. The van der Waals surface area contributed by atoms with Crippen molar-refractivity contribution < 1.29 is 19.4 Å². The Morgan fingerprint density at radius 2 is 1.97 bits per heavy atom. The summed E-state index contributed by atoms with van der Waals surface area (Å²) in [5, 5.41) is 10.6. The van der Waals surface area contributed by atoms with Gasteiger partial charge in [0.05, 0.1) is 11.3 Å². The Hall–Kier alpha value is -2.83. The molecule has 2 saturated carbocycles. The lowest BCUT2D eigenvalue weighted by Crippen LogP contribution is -2.81. The first-order chi connectivity index (χ1) is 18.5. The largest absolute Gasteiger partial charge is 0.508 e. The Kier molecular flexibility index (Phi) is 4.19. The molecule has 3 spiro atoms. The van der Waals surface area contributed by atoms with Crippen molar-refractivity contribution in [1.82, 2.24) is 9.80 Å². The molecule has 196 valence electrons. The van der Waals surface area contributed by atoms with Crippen LogP contribution in [0.1, 0.15) is 42.4 Å². The zero-order chi connectivity index (χ0) is 25.3. The molecule has 6 heteroatoms. The zero-order valence-corrected chi connectivity index (χ0v) is 21.6. The van der Waals surface area contributed by atoms with E-state index in [1.54, 1.807) is 6.07 Å². The molecule has 6 atom stereocenters. The summed E-state index contributed by atoms with van der Waals surface area (Å²) >= 11 is 0. The van der Waals surface area contributed by atoms with Crippen LogP contribution >= 0.6 is 0 Å². The van der Waals surface area contributed by atoms with E-state index in [1.807, 2.05) is 17.0 Å². The van der Waals surface area contributed by atoms with Crippen LogP contribution in [0.25, 0.3) is 0 Å². The number of phenolic OH excluding ortho intramolecular Hbond substituents is 1. The molecule has 0 unspecified atom stereocenters. The summed E-state index contributed by atoms with van der Waals surface area (Å²) in [6, 6.07) is 14.5. The number of carbonyl (C=O) groups excluding carboxylic acids is 1. The minimum absolute atomic E-state index is 0.159. The van der Waals surface area contributed by atoms with Gasteiger partial charge in [-0.3, -0.25) is 9.69 Å². The number of rotatable bonds is 5. The number of hydrogen-bond acceptors (Lipinski definition) is 5. The fourth-order valence-corrected chi connectivity index (χ4v) is 9.56. The lowest BCUT2D eigenvalue weighted by molar-refractivity contribution is -0.254. The molecule has 2 aromatic carbocycles. The summed E-state index contributed by atoms with van der Waals surface area (Å²) in [6.07, 6.45) is 10.7. The molecular formula is C32H34N2O4. The highest BCUT2D eigenvalue weighted by atomic mass is 16.6. The third kappa shape index (κ3) is 2.54. The third-order valence-corrected chi connectivity index (χ3v) is 11.3. The van der Waals surface area contributed by atoms with Crippen LogP contribution < -0.4 is 4.74 Å². The highest BCUT2D eigenvalue weighted by Gasteiger charge is 2.80. The predicted octanol–water partition coefficient (Wildman–Crippen LogP) is 3.81. The second-order valence-electron chi connectivity index (χ2n) is 13.0. The van der Waals surface area contributed by atoms with Crippen molar-refractivity contribution in [1.29, 1.82) is 0 Å². The first kappa shape index (κ1) is 22.0. The van der Waals surface area contributed by atoms with Crippen molar-refractivity contribution in [2.24, 2.45) is 17.3 Å². The Morgan fingerprint density at radius 3 is 2.82 bits per heavy atom. The predicted molar refractivity (Wildman–Crippen MR) is 141 cm³/mol. The van der Waals surface area contributed by atoms with Gasteiger partial charge in [0.15, 0.2) is 0 Å². The highest BCUT2D eigenvalue weighted by Crippen LogP contribution is 2.74. The molecule has 0 aromatic heterocycles. The van der Waals surface area contributed by atoms with Crippen LogP contribution in [0.4, 0.5) is 0 Å². The number of ether oxygens (including phenoxy) is 2. The van der Waals surface area contributed by atoms with Crippen LogP contribution in [-0.4, -0.2) is 64.9 Å². The van der Waals surface area contributed by atoms with E-state index in [2.05, 4.69) is 41.3 Å². The average Bonchev–Trinajstić information content (AvgIpc) is 3.67. The third-order valence-electron chi connectivity index (χ3n) is 11.3. The van der Waals surface area contributed by atoms with Crippen LogP contribution in [-0.2, 0) is 27.8 Å². The number of carbonyl (C=O) groups is 1. The van der Waals surface area contributed by atoms with Gasteiger partial charge in [0, 0.05) is 36.2 Å². The molecule has 0 radical (unpaired) electrons. The molecule has 3 heterocycles. The maximum Gasteiger partial charge on any atom is 0.230 e. The second kappa shape index (κ2) is 7.22. The van der Waals surface area contributed by atoms with Gasteiger partial charge in [0.2, 0.25) is 5.91 Å². The first-order valence-corrected chi connectivity index (χ1v) is 14.5. The minimum Gasteiger partial charge on any atom is -0.508 e. The molecule has 1 amide bonds. The molecule has 1 N–H and O–H groups in total. The Bertz CT molecular complexity index is 1390. The van der Waals surface area contributed by atoms with Crippen molar-refractivity contribution in [3.8, 4) is 11.5 Å². The van der Waals surface area contributed by atoms with Gasteiger partial charge in [-0.1, -0.05) is 42.5 Å². The fraction of sp³-hybridized carbons (Fsp3) is 0.531. The second-order valence-corrected chi connectivity index (χ2v) is 13.0. The number of benzene rings is 2. The van der Waals surface area contributed by atoms with E-state index < -0.39 is 5.60 Å². The van der Waals surface area contributed by atoms with Crippen LogP contribution in [0, 0.1) is 17.3 Å². The summed E-state index contributed by atoms with van der Waals surface area (Å²) < 4.78 is 13.7. The quantitative estimate of drug-likeness (QED) is 0.620. The van der Waals surface area contributed by atoms with E-state index in [-0.39, 0.29) is 34.5 Å². The van der Waals surface area contributed by atoms with Gasteiger partial charge < -0.3 is 19.5 Å². The summed E-state index contributed by atoms with van der Waals surface area (Å²) in [6.45, 7) is 3.17. The SMILES string of the molecule is O=C1[C@H]2C[C@@]34C=C[C@]2(OCN1CCc1ccccc1)[C@@H]1Oc2cc(O)cc5c2[C@@]13CCN(CC1CC1)[C@@H]4C5. The van der Waals surface area contributed by atoms with Crippen LogP contribution in [0.5, 0.6) is 11.5 Å². The molecular weight excluding hydrogens is 476 g/mol. The number of piperidine rings is 1. The zero-order valence-electron chi connectivity index (χ0n) is 21.6. The molecule has 6 nitrogen and oxygen atoms in total. The van der Waals surface area contributed by atoms with Gasteiger partial charge in [-0.15, -0.1) is 0 Å². The van der Waals surface area contributed by atoms with E-state index in [9.17, 15) is 9.90 Å². The highest BCUT2D eigenvalue weighted by molar-refractivity contribution is 5.83. The Morgan fingerprint density at radius 1 is 1.11 bits per heavy atom. The van der Waals surface area contributed by atoms with Gasteiger partial charge in [0.25, 0.3) is 0 Å². The lowest BCUT2D eigenvalue weighted by atomic mass is 9.37. The molecule has 3 aliphatic heterocycles. The summed E-state index contributed by atoms with van der Waals surface area (Å²) in [5.41, 5.74) is 2.66. The smallest absolute Gasteiger partial charge is 0.230 e. The number of phenols is 1. The summed E-state index contributed by atoms with van der Waals surface area (Å²) in [5.74, 6) is 1.86. The van der Waals surface area contributed by atoms with Gasteiger partial charge >= 0.3 is 0 Å². The minimum atomic E-state index is -0.755. The molecule has 38 heavy (non-hydrogen) atoms. The molecule has 10 rings (SSSR count). The maximum absolute atomic E-state index is 14.2. The van der Waals surface area contributed by atoms with Crippen LogP contribution in [0.2, 0.25) is 0 Å². The van der Waals surface area contributed by atoms with Crippen molar-refractivity contribution in [2.45, 2.75) is 61.7 Å². The van der Waals surface area contributed by atoms with E-state index in [0.717, 1.165) is 50.4 Å². The monoisotopic (exact) mass is 510 g/mol. The van der Waals surface area contributed by atoms with Crippen molar-refractivity contribution in [3.05, 3.63) is 71.3 Å². The fourth-order valence-electron chi connectivity index (χ4n) is 9.56. The van der Waals surface area contributed by atoms with Gasteiger partial charge in [-0.2, -0.15) is 0 Å². The normalized spacial score (nSPS) is 39.6. The maximum atomic E-state index is 14.2. The lowest BCUT2D eigenvalue weighted by Gasteiger charge is -2.72. The van der Waals surface area contributed by atoms with Crippen molar-refractivity contribution >= 4 is 5.91 Å². The number of nitrogens with zero attached hydrogens (tertiary/aromatic N) is 2. The van der Waals surface area contributed by atoms with Crippen LogP contribution in [0.3, 0.4) is 0 Å². The number of aromatic hydroxyl groups is 1. The van der Waals surface area contributed by atoms with E-state index in [4.69, 9.17) is 9.47 Å². The Labute approximate surface area is 223 Å². The van der Waals surface area contributed by atoms with E-state index in [0.29, 0.717) is 19.3 Å². The molecule has 8 aliphatic rings. The standard InChI is InChI=1S/C32H34N2O4/c35-23-14-22-15-26-30-9-10-32(24(17-30)28(36)34(19-37-32)12-8-20-4-2-1-3-5-20)29-31(30,27(22)25(16-23)38-29)11-13-33(26)18-21-6-7-21/h1-5,9-10,14,16,21,24,26,29,35H,6-8,11-13,15,17-19H2/t24-,26-,29-,30-,31+,32-/m1/s1. The van der Waals surface area contributed by atoms with Gasteiger partial charge in [0.1, 0.15) is 29.9 Å². The van der Waals surface area contributed by atoms with Gasteiger partial charge in [-0.05, 0) is 68.2 Å².